The van der Waals surface area contributed by atoms with Crippen LogP contribution in [0.3, 0.4) is 0 Å². The molecule has 1 aromatic carbocycles. The molecular formula is C17H27NO. The summed E-state index contributed by atoms with van der Waals surface area (Å²) < 4.78 is 0. The van der Waals surface area contributed by atoms with E-state index in [2.05, 4.69) is 29.2 Å². The van der Waals surface area contributed by atoms with E-state index in [-0.39, 0.29) is 0 Å². The maximum atomic E-state index is 8.70. The van der Waals surface area contributed by atoms with E-state index in [4.69, 9.17) is 5.11 Å². The predicted molar refractivity (Wildman–Crippen MR) is 80.0 cm³/mol. The van der Waals surface area contributed by atoms with Crippen LogP contribution >= 0.6 is 0 Å². The molecule has 1 heterocycles. The molecule has 0 atom stereocenters. The molecule has 0 aromatic heterocycles. The lowest BCUT2D eigenvalue weighted by Gasteiger charge is -2.14. The third-order valence-electron chi connectivity index (χ3n) is 4.04. The highest BCUT2D eigenvalue weighted by atomic mass is 16.2. The van der Waals surface area contributed by atoms with Crippen LogP contribution in [0.4, 0.5) is 0 Å². The second kappa shape index (κ2) is 8.34. The molecule has 0 amide bonds. The maximum Gasteiger partial charge on any atom is 0.0431 e. The van der Waals surface area contributed by atoms with E-state index in [1.807, 2.05) is 0 Å². The minimum Gasteiger partial charge on any atom is -0.396 e. The highest BCUT2D eigenvalue weighted by Crippen LogP contribution is 2.22. The van der Waals surface area contributed by atoms with Gasteiger partial charge in [0.25, 0.3) is 0 Å². The van der Waals surface area contributed by atoms with E-state index in [1.54, 1.807) is 0 Å². The summed E-state index contributed by atoms with van der Waals surface area (Å²) in [4.78, 5) is 2.57. The minimum absolute atomic E-state index is 0.357. The van der Waals surface area contributed by atoms with Crippen LogP contribution in [0.25, 0.3) is 0 Å². The van der Waals surface area contributed by atoms with Crippen molar-refractivity contribution >= 4 is 0 Å². The fourth-order valence-electron chi connectivity index (χ4n) is 2.89. The Hall–Kier alpha value is -0.860. The molecule has 0 saturated carbocycles. The number of unbranched alkanes of at least 4 members (excludes halogenated alkanes) is 6. The molecule has 0 aliphatic carbocycles. The van der Waals surface area contributed by atoms with Crippen molar-refractivity contribution in [1.82, 2.24) is 4.90 Å². The zero-order valence-electron chi connectivity index (χ0n) is 12.0. The van der Waals surface area contributed by atoms with Crippen molar-refractivity contribution in [2.75, 3.05) is 13.2 Å². The summed E-state index contributed by atoms with van der Waals surface area (Å²) in [7, 11) is 0. The molecule has 0 saturated heterocycles. The van der Waals surface area contributed by atoms with Gasteiger partial charge in [-0.25, -0.2) is 0 Å². The van der Waals surface area contributed by atoms with Gasteiger partial charge in [-0.05, 0) is 30.5 Å². The Bertz CT molecular complexity index is 339. The first-order chi connectivity index (χ1) is 9.40. The first kappa shape index (κ1) is 14.5. The third-order valence-corrected chi connectivity index (χ3v) is 4.04. The molecule has 1 aromatic rings. The van der Waals surface area contributed by atoms with Gasteiger partial charge in [0.15, 0.2) is 0 Å². The van der Waals surface area contributed by atoms with Gasteiger partial charge >= 0.3 is 0 Å². The highest BCUT2D eigenvalue weighted by Gasteiger charge is 2.16. The van der Waals surface area contributed by atoms with E-state index in [0.29, 0.717) is 6.61 Å². The van der Waals surface area contributed by atoms with Crippen molar-refractivity contribution in [2.45, 2.75) is 58.0 Å². The Kier molecular flexibility index (Phi) is 6.38. The molecule has 1 N–H and O–H groups in total. The fourth-order valence-corrected chi connectivity index (χ4v) is 2.89. The van der Waals surface area contributed by atoms with Gasteiger partial charge in [0, 0.05) is 19.7 Å². The normalized spacial score (nSPS) is 14.8. The molecule has 0 fully saturated rings. The van der Waals surface area contributed by atoms with Crippen molar-refractivity contribution in [3.8, 4) is 0 Å². The molecule has 106 valence electrons. The van der Waals surface area contributed by atoms with Gasteiger partial charge in [0.05, 0.1) is 0 Å². The largest absolute Gasteiger partial charge is 0.396 e. The van der Waals surface area contributed by atoms with Gasteiger partial charge in [-0.3, -0.25) is 4.90 Å². The van der Waals surface area contributed by atoms with E-state index in [9.17, 15) is 0 Å². The maximum absolute atomic E-state index is 8.70. The Morgan fingerprint density at radius 2 is 1.32 bits per heavy atom. The van der Waals surface area contributed by atoms with Gasteiger partial charge in [0.2, 0.25) is 0 Å². The van der Waals surface area contributed by atoms with Gasteiger partial charge < -0.3 is 5.11 Å². The summed E-state index contributed by atoms with van der Waals surface area (Å²) in [6.07, 6.45) is 8.83. The fraction of sp³-hybridized carbons (Fsp3) is 0.647. The van der Waals surface area contributed by atoms with Gasteiger partial charge in [-0.15, -0.1) is 0 Å². The van der Waals surface area contributed by atoms with E-state index in [1.165, 1.54) is 56.2 Å². The monoisotopic (exact) mass is 261 g/mol. The molecular weight excluding hydrogens is 234 g/mol. The Morgan fingerprint density at radius 1 is 0.789 bits per heavy atom. The summed E-state index contributed by atoms with van der Waals surface area (Å²) in [5.74, 6) is 0. The van der Waals surface area contributed by atoms with Crippen molar-refractivity contribution in [2.24, 2.45) is 0 Å². The summed E-state index contributed by atoms with van der Waals surface area (Å²) in [6.45, 7) is 3.89. The molecule has 2 heteroatoms. The van der Waals surface area contributed by atoms with Crippen LogP contribution in [0, 0.1) is 0 Å². The van der Waals surface area contributed by atoms with Crippen molar-refractivity contribution in [3.63, 3.8) is 0 Å². The number of benzene rings is 1. The number of rotatable bonds is 9. The van der Waals surface area contributed by atoms with Crippen molar-refractivity contribution in [1.29, 1.82) is 0 Å². The first-order valence-corrected chi connectivity index (χ1v) is 7.80. The number of aliphatic hydroxyl groups excluding tert-OH is 1. The van der Waals surface area contributed by atoms with Gasteiger partial charge in [-0.1, -0.05) is 56.4 Å². The quantitative estimate of drug-likeness (QED) is 0.685. The van der Waals surface area contributed by atoms with Gasteiger partial charge in [0.1, 0.15) is 0 Å². The van der Waals surface area contributed by atoms with Gasteiger partial charge in [-0.2, -0.15) is 0 Å². The number of fused-ring (bicyclic) bond motifs is 1. The van der Waals surface area contributed by atoms with Crippen LogP contribution in [-0.4, -0.2) is 23.2 Å². The second-order valence-electron chi connectivity index (χ2n) is 5.68. The number of aliphatic hydroxyl groups is 1. The highest BCUT2D eigenvalue weighted by molar-refractivity contribution is 5.30. The number of hydrogen-bond acceptors (Lipinski definition) is 2. The molecule has 0 radical (unpaired) electrons. The molecule has 1 aliphatic heterocycles. The summed E-state index contributed by atoms with van der Waals surface area (Å²) in [5, 5.41) is 8.70. The number of hydrogen-bond donors (Lipinski definition) is 1. The van der Waals surface area contributed by atoms with E-state index in [0.717, 1.165) is 19.5 Å². The van der Waals surface area contributed by atoms with Crippen LogP contribution in [0.5, 0.6) is 0 Å². The Morgan fingerprint density at radius 3 is 1.89 bits per heavy atom. The average molecular weight is 261 g/mol. The predicted octanol–water partition coefficient (Wildman–Crippen LogP) is 3.73. The molecule has 2 nitrogen and oxygen atoms in total. The molecule has 1 aliphatic rings. The van der Waals surface area contributed by atoms with E-state index < -0.39 is 0 Å². The lowest BCUT2D eigenvalue weighted by Crippen LogP contribution is -2.17. The van der Waals surface area contributed by atoms with Crippen LogP contribution in [-0.2, 0) is 13.1 Å². The summed E-state index contributed by atoms with van der Waals surface area (Å²) >= 11 is 0. The van der Waals surface area contributed by atoms with Crippen molar-refractivity contribution < 1.29 is 5.11 Å². The van der Waals surface area contributed by atoms with Crippen LogP contribution in [0.2, 0.25) is 0 Å². The third kappa shape index (κ3) is 4.96. The standard InChI is InChI=1S/C17H27NO/c19-13-9-5-3-1-2-4-8-12-18-14-16-10-6-7-11-17(16)15-18/h6-7,10-11,19H,1-5,8-9,12-15H2. The zero-order chi connectivity index (χ0) is 13.3. The van der Waals surface area contributed by atoms with Crippen LogP contribution in [0.15, 0.2) is 24.3 Å². The second-order valence-corrected chi connectivity index (χ2v) is 5.68. The topological polar surface area (TPSA) is 23.5 Å². The Labute approximate surface area is 117 Å². The lowest BCUT2D eigenvalue weighted by molar-refractivity contribution is 0.274. The minimum atomic E-state index is 0.357. The molecule has 2 rings (SSSR count). The molecule has 0 unspecified atom stereocenters. The summed E-state index contributed by atoms with van der Waals surface area (Å²) in [6, 6.07) is 8.82. The van der Waals surface area contributed by atoms with E-state index >= 15 is 0 Å². The van der Waals surface area contributed by atoms with Crippen LogP contribution < -0.4 is 0 Å². The molecule has 19 heavy (non-hydrogen) atoms. The smallest absolute Gasteiger partial charge is 0.0431 e. The average Bonchev–Trinajstić information content (AvgIpc) is 2.84. The molecule has 0 spiro atoms. The first-order valence-electron chi connectivity index (χ1n) is 7.80. The Balaban J connectivity index is 1.49. The number of nitrogens with zero attached hydrogens (tertiary/aromatic N) is 1. The van der Waals surface area contributed by atoms with Crippen LogP contribution in [0.1, 0.15) is 56.1 Å². The van der Waals surface area contributed by atoms with Crippen molar-refractivity contribution in [3.05, 3.63) is 35.4 Å². The molecule has 0 bridgehead atoms. The lowest BCUT2D eigenvalue weighted by atomic mass is 10.1. The SMILES string of the molecule is OCCCCCCCCCN1Cc2ccccc2C1. The summed E-state index contributed by atoms with van der Waals surface area (Å²) in [5.41, 5.74) is 3.04. The zero-order valence-corrected chi connectivity index (χ0v) is 12.0.